The topological polar surface area (TPSA) is 70.1 Å². The van der Waals surface area contributed by atoms with Crippen LogP contribution in [0.4, 0.5) is 0 Å². The van der Waals surface area contributed by atoms with E-state index in [0.717, 1.165) is 13.1 Å². The zero-order chi connectivity index (χ0) is 24.3. The van der Waals surface area contributed by atoms with Gasteiger partial charge >= 0.3 is 0 Å². The number of likely N-dealkylation sites (tertiary alicyclic amines) is 1. The summed E-state index contributed by atoms with van der Waals surface area (Å²) in [4.78, 5) is 30.0. The maximum Gasteiger partial charge on any atom is 0.295 e. The highest BCUT2D eigenvalue weighted by Gasteiger charge is 2.46. The van der Waals surface area contributed by atoms with Gasteiger partial charge in [-0.1, -0.05) is 43.1 Å². The van der Waals surface area contributed by atoms with Gasteiger partial charge in [0.1, 0.15) is 11.5 Å². The molecule has 8 heteroatoms. The molecule has 33 heavy (non-hydrogen) atoms. The Morgan fingerprint density at radius 2 is 1.82 bits per heavy atom. The number of carbonyl (C=O) groups is 2. The van der Waals surface area contributed by atoms with Crippen LogP contribution in [0.2, 0.25) is 10.0 Å². The summed E-state index contributed by atoms with van der Waals surface area (Å²) in [6.07, 6.45) is 0. The maximum absolute atomic E-state index is 13.2. The molecule has 0 unspecified atom stereocenters. The third-order valence-corrected chi connectivity index (χ3v) is 6.60. The molecule has 176 valence electrons. The molecule has 1 heterocycles. The first-order valence-electron chi connectivity index (χ1n) is 10.8. The number of carbonyl (C=O) groups excluding carboxylic acids is 2. The second kappa shape index (κ2) is 10.6. The number of halogens is 2. The highest BCUT2D eigenvalue weighted by molar-refractivity contribution is 6.47. The number of likely N-dealkylation sites (N-methyl/N-ethyl adjacent to an activating group) is 1. The summed E-state index contributed by atoms with van der Waals surface area (Å²) in [6.45, 7) is 8.42. The molecule has 0 radical (unpaired) electrons. The van der Waals surface area contributed by atoms with Gasteiger partial charge in [0.25, 0.3) is 11.7 Å². The number of aliphatic hydroxyl groups is 1. The average molecular weight is 491 g/mol. The first-order valence-corrected chi connectivity index (χ1v) is 11.6. The van der Waals surface area contributed by atoms with E-state index >= 15 is 0 Å². The number of aliphatic hydroxyl groups excluding tert-OH is 1. The van der Waals surface area contributed by atoms with Crippen LogP contribution in [-0.2, 0) is 9.59 Å². The Labute approximate surface area is 204 Å². The third kappa shape index (κ3) is 5.03. The lowest BCUT2D eigenvalue weighted by Crippen LogP contribution is -2.38. The van der Waals surface area contributed by atoms with Crippen LogP contribution in [-0.4, -0.2) is 59.9 Å². The molecule has 6 nitrogen and oxygen atoms in total. The van der Waals surface area contributed by atoms with Gasteiger partial charge in [-0.05, 0) is 61.5 Å². The monoisotopic (exact) mass is 490 g/mol. The van der Waals surface area contributed by atoms with Gasteiger partial charge in [-0.15, -0.1) is 0 Å². The van der Waals surface area contributed by atoms with Gasteiger partial charge < -0.3 is 19.6 Å². The van der Waals surface area contributed by atoms with Crippen LogP contribution in [0, 0.1) is 6.92 Å². The molecule has 2 aromatic carbocycles. The van der Waals surface area contributed by atoms with Crippen LogP contribution in [0.1, 0.15) is 36.6 Å². The van der Waals surface area contributed by atoms with Crippen LogP contribution >= 0.6 is 23.2 Å². The van der Waals surface area contributed by atoms with E-state index in [1.165, 1.54) is 4.90 Å². The summed E-state index contributed by atoms with van der Waals surface area (Å²) < 4.78 is 5.24. The van der Waals surface area contributed by atoms with Crippen LogP contribution in [0.25, 0.3) is 5.76 Å². The summed E-state index contributed by atoms with van der Waals surface area (Å²) in [7, 11) is 1.55. The lowest BCUT2D eigenvalue weighted by Gasteiger charge is -2.28. The fraction of sp³-hybridized carbons (Fsp3) is 0.360. The molecule has 2 aromatic rings. The quantitative estimate of drug-likeness (QED) is 0.317. The van der Waals surface area contributed by atoms with Crippen LogP contribution < -0.4 is 4.74 Å². The summed E-state index contributed by atoms with van der Waals surface area (Å²) in [6, 6.07) is 9.23. The number of nitrogens with zero attached hydrogens (tertiary/aromatic N) is 2. The number of methoxy groups -OCH3 is 1. The predicted octanol–water partition coefficient (Wildman–Crippen LogP) is 5.07. The van der Waals surface area contributed by atoms with Crippen LogP contribution in [0.15, 0.2) is 42.0 Å². The lowest BCUT2D eigenvalue weighted by atomic mass is 9.94. The molecular formula is C25H28Cl2N2O4. The van der Waals surface area contributed by atoms with Crippen molar-refractivity contribution in [2.24, 2.45) is 0 Å². The predicted molar refractivity (Wildman–Crippen MR) is 131 cm³/mol. The molecule has 1 fully saturated rings. The van der Waals surface area contributed by atoms with E-state index < -0.39 is 17.7 Å². The van der Waals surface area contributed by atoms with Crippen molar-refractivity contribution in [2.45, 2.75) is 26.8 Å². The number of ketones is 1. The van der Waals surface area contributed by atoms with Crippen molar-refractivity contribution in [3.8, 4) is 5.75 Å². The van der Waals surface area contributed by atoms with Crippen molar-refractivity contribution < 1.29 is 19.4 Å². The van der Waals surface area contributed by atoms with Gasteiger partial charge in [0.2, 0.25) is 0 Å². The molecular weight excluding hydrogens is 463 g/mol. The van der Waals surface area contributed by atoms with E-state index in [-0.39, 0.29) is 11.3 Å². The van der Waals surface area contributed by atoms with Crippen molar-refractivity contribution >= 4 is 40.7 Å². The second-order valence-electron chi connectivity index (χ2n) is 7.87. The molecule has 1 aliphatic heterocycles. The average Bonchev–Trinajstić information content (AvgIpc) is 3.04. The molecule has 0 spiro atoms. The normalized spacial score (nSPS) is 17.8. The minimum absolute atomic E-state index is 0.0111. The summed E-state index contributed by atoms with van der Waals surface area (Å²) in [5.41, 5.74) is 1.71. The molecule has 1 atom stereocenters. The van der Waals surface area contributed by atoms with Crippen molar-refractivity contribution in [3.63, 3.8) is 0 Å². The van der Waals surface area contributed by atoms with Gasteiger partial charge in [-0.3, -0.25) is 9.59 Å². The molecule has 1 aliphatic rings. The van der Waals surface area contributed by atoms with Gasteiger partial charge in [0, 0.05) is 28.7 Å². The molecule has 1 amide bonds. The van der Waals surface area contributed by atoms with Crippen molar-refractivity contribution in [3.05, 3.63) is 68.7 Å². The van der Waals surface area contributed by atoms with E-state index in [0.29, 0.717) is 45.6 Å². The highest BCUT2D eigenvalue weighted by atomic mass is 35.5. The second-order valence-corrected chi connectivity index (χ2v) is 8.71. The number of rotatable bonds is 8. The molecule has 1 saturated heterocycles. The van der Waals surface area contributed by atoms with Gasteiger partial charge in [-0.25, -0.2) is 0 Å². The number of Topliss-reactive ketones (excluding diaryl/α,β-unsaturated/α-hetero) is 1. The maximum atomic E-state index is 13.2. The Morgan fingerprint density at radius 1 is 1.12 bits per heavy atom. The number of ether oxygens (including phenoxy) is 1. The van der Waals surface area contributed by atoms with Gasteiger partial charge in [-0.2, -0.15) is 0 Å². The van der Waals surface area contributed by atoms with Crippen molar-refractivity contribution in [1.29, 1.82) is 0 Å². The Hall–Kier alpha value is -2.54. The Bertz CT molecular complexity index is 1100. The fourth-order valence-electron chi connectivity index (χ4n) is 4.12. The molecule has 0 aliphatic carbocycles. The van der Waals surface area contributed by atoms with Crippen molar-refractivity contribution in [1.82, 2.24) is 9.80 Å². The summed E-state index contributed by atoms with van der Waals surface area (Å²) in [5, 5.41) is 12.0. The zero-order valence-electron chi connectivity index (χ0n) is 19.2. The van der Waals surface area contributed by atoms with E-state index in [2.05, 4.69) is 4.90 Å². The van der Waals surface area contributed by atoms with E-state index in [4.69, 9.17) is 27.9 Å². The van der Waals surface area contributed by atoms with E-state index in [1.807, 2.05) is 13.8 Å². The highest BCUT2D eigenvalue weighted by Crippen LogP contribution is 2.42. The molecule has 3 rings (SSSR count). The number of hydrogen-bond acceptors (Lipinski definition) is 5. The van der Waals surface area contributed by atoms with Crippen molar-refractivity contribution in [2.75, 3.05) is 33.3 Å². The van der Waals surface area contributed by atoms with E-state index in [1.54, 1.807) is 50.4 Å². The Kier molecular flexibility index (Phi) is 8.05. The van der Waals surface area contributed by atoms with E-state index in [9.17, 15) is 14.7 Å². The first-order chi connectivity index (χ1) is 15.7. The smallest absolute Gasteiger partial charge is 0.295 e. The Morgan fingerprint density at radius 3 is 2.39 bits per heavy atom. The lowest BCUT2D eigenvalue weighted by molar-refractivity contribution is -0.140. The molecule has 1 N–H and O–H groups in total. The summed E-state index contributed by atoms with van der Waals surface area (Å²) >= 11 is 12.6. The van der Waals surface area contributed by atoms with Crippen LogP contribution in [0.5, 0.6) is 5.75 Å². The Balaban J connectivity index is 2.17. The largest absolute Gasteiger partial charge is 0.507 e. The number of benzene rings is 2. The number of aryl methyl sites for hydroxylation is 1. The zero-order valence-corrected chi connectivity index (χ0v) is 20.7. The standard InChI is InChI=1S/C25H28Cl2N2O4/c1-5-28(6-2)11-12-29-22(19-9-7-16(26)14-20(19)27)21(24(31)25(29)32)23(30)18-10-8-17(33-4)13-15(18)3/h7-10,13-14,22,30H,5-6,11-12H2,1-4H3/b23-21+/t22-/m1/s1. The molecule has 0 aromatic heterocycles. The summed E-state index contributed by atoms with van der Waals surface area (Å²) in [5.74, 6) is -1.01. The molecule has 0 bridgehead atoms. The van der Waals surface area contributed by atoms with Gasteiger partial charge in [0.15, 0.2) is 0 Å². The number of amides is 1. The third-order valence-electron chi connectivity index (χ3n) is 6.04. The molecule has 0 saturated carbocycles. The first kappa shape index (κ1) is 25.1. The fourth-order valence-corrected chi connectivity index (χ4v) is 4.63. The SMILES string of the molecule is CCN(CC)CCN1C(=O)C(=O)/C(=C(/O)c2ccc(OC)cc2C)[C@H]1c1ccc(Cl)cc1Cl. The number of hydrogen-bond donors (Lipinski definition) is 1. The minimum atomic E-state index is -0.827. The minimum Gasteiger partial charge on any atom is -0.507 e. The van der Waals surface area contributed by atoms with Crippen LogP contribution in [0.3, 0.4) is 0 Å². The van der Waals surface area contributed by atoms with Gasteiger partial charge in [0.05, 0.1) is 18.7 Å².